The average Bonchev–Trinajstić information content (AvgIpc) is 2.36. The summed E-state index contributed by atoms with van der Waals surface area (Å²) in [5.74, 6) is 0.381. The second-order valence-corrected chi connectivity index (χ2v) is 4.15. The smallest absolute Gasteiger partial charge is 0.344 e. The van der Waals surface area contributed by atoms with E-state index < -0.39 is 0 Å². The molecule has 1 aromatic rings. The Kier molecular flexibility index (Phi) is 5.65. The Morgan fingerprint density at radius 1 is 1.44 bits per heavy atom. The molecule has 1 unspecified atom stereocenters. The number of carbonyl (C=O) groups is 1. The summed E-state index contributed by atoms with van der Waals surface area (Å²) in [5, 5.41) is 3.16. The predicted molar refractivity (Wildman–Crippen MR) is 70.8 cm³/mol. The molecule has 0 aliphatic carbocycles. The molecule has 0 saturated heterocycles. The normalized spacial score (nSPS) is 12.0. The molecule has 0 heterocycles. The van der Waals surface area contributed by atoms with E-state index in [1.165, 1.54) is 0 Å². The molecule has 0 bridgehead atoms. The first-order valence-corrected chi connectivity index (χ1v) is 6.14. The molecule has 0 saturated carbocycles. The summed E-state index contributed by atoms with van der Waals surface area (Å²) < 4.78 is 10.4. The van der Waals surface area contributed by atoms with Gasteiger partial charge in [0.05, 0.1) is 6.61 Å². The highest BCUT2D eigenvalue weighted by Gasteiger charge is 2.12. The van der Waals surface area contributed by atoms with Crippen LogP contribution in [0.15, 0.2) is 18.2 Å². The fourth-order valence-corrected chi connectivity index (χ4v) is 1.62. The van der Waals surface area contributed by atoms with Gasteiger partial charge in [-0.25, -0.2) is 4.79 Å². The molecule has 18 heavy (non-hydrogen) atoms. The topological polar surface area (TPSA) is 47.6 Å². The minimum atomic E-state index is -0.345. The van der Waals surface area contributed by atoms with Crippen molar-refractivity contribution in [3.8, 4) is 5.75 Å². The van der Waals surface area contributed by atoms with Gasteiger partial charge in [-0.2, -0.15) is 0 Å². The van der Waals surface area contributed by atoms with E-state index in [1.807, 2.05) is 39.1 Å². The van der Waals surface area contributed by atoms with Gasteiger partial charge in [-0.3, -0.25) is 0 Å². The maximum Gasteiger partial charge on any atom is 0.344 e. The van der Waals surface area contributed by atoms with Gasteiger partial charge in [-0.1, -0.05) is 12.1 Å². The summed E-state index contributed by atoms with van der Waals surface area (Å²) in [5.41, 5.74) is 2.13. The van der Waals surface area contributed by atoms with Crippen LogP contribution >= 0.6 is 0 Å². The summed E-state index contributed by atoms with van der Waals surface area (Å²) in [7, 11) is 1.89. The quantitative estimate of drug-likeness (QED) is 0.787. The maximum atomic E-state index is 11.3. The van der Waals surface area contributed by atoms with Gasteiger partial charge in [0.25, 0.3) is 0 Å². The van der Waals surface area contributed by atoms with Gasteiger partial charge in [-0.05, 0) is 39.4 Å². The number of esters is 1. The highest BCUT2D eigenvalue weighted by Crippen LogP contribution is 2.26. The number of rotatable bonds is 6. The molecule has 4 nitrogen and oxygen atoms in total. The zero-order valence-electron chi connectivity index (χ0n) is 11.4. The van der Waals surface area contributed by atoms with Crippen LogP contribution in [0.25, 0.3) is 0 Å². The van der Waals surface area contributed by atoms with Gasteiger partial charge in [0.2, 0.25) is 0 Å². The molecule has 0 radical (unpaired) electrons. The second kappa shape index (κ2) is 7.01. The Bertz CT molecular complexity index is 404. The number of benzene rings is 1. The van der Waals surface area contributed by atoms with Crippen LogP contribution in [0.3, 0.4) is 0 Å². The largest absolute Gasteiger partial charge is 0.482 e. The van der Waals surface area contributed by atoms with E-state index in [1.54, 1.807) is 6.92 Å². The first-order chi connectivity index (χ1) is 8.58. The maximum absolute atomic E-state index is 11.3. The Morgan fingerprint density at radius 2 is 2.17 bits per heavy atom. The second-order valence-electron chi connectivity index (χ2n) is 4.15. The molecule has 100 valence electrons. The van der Waals surface area contributed by atoms with E-state index in [0.717, 1.165) is 16.9 Å². The van der Waals surface area contributed by atoms with E-state index in [4.69, 9.17) is 9.47 Å². The molecule has 0 amide bonds. The van der Waals surface area contributed by atoms with Crippen LogP contribution in [0.5, 0.6) is 5.75 Å². The molecule has 1 aromatic carbocycles. The van der Waals surface area contributed by atoms with Crippen LogP contribution < -0.4 is 10.1 Å². The van der Waals surface area contributed by atoms with Crippen LogP contribution in [-0.2, 0) is 9.53 Å². The summed E-state index contributed by atoms with van der Waals surface area (Å²) in [6, 6.07) is 6.14. The molecule has 0 spiro atoms. The molecule has 1 atom stereocenters. The van der Waals surface area contributed by atoms with Crippen LogP contribution in [0.1, 0.15) is 31.0 Å². The number of ether oxygens (including phenoxy) is 2. The lowest BCUT2D eigenvalue weighted by atomic mass is 10.1. The van der Waals surface area contributed by atoms with Crippen molar-refractivity contribution >= 4 is 5.97 Å². The lowest BCUT2D eigenvalue weighted by molar-refractivity contribution is -0.145. The van der Waals surface area contributed by atoms with Gasteiger partial charge in [0, 0.05) is 11.6 Å². The van der Waals surface area contributed by atoms with Gasteiger partial charge in [-0.15, -0.1) is 0 Å². The fourth-order valence-electron chi connectivity index (χ4n) is 1.62. The van der Waals surface area contributed by atoms with E-state index in [-0.39, 0.29) is 18.6 Å². The van der Waals surface area contributed by atoms with Crippen molar-refractivity contribution in [3.05, 3.63) is 29.3 Å². The van der Waals surface area contributed by atoms with Crippen LogP contribution in [0, 0.1) is 6.92 Å². The van der Waals surface area contributed by atoms with Gasteiger partial charge >= 0.3 is 5.97 Å². The third-order valence-corrected chi connectivity index (χ3v) is 2.72. The van der Waals surface area contributed by atoms with Crippen molar-refractivity contribution in [2.24, 2.45) is 0 Å². The molecule has 4 heteroatoms. The standard InChI is InChI=1S/C14H21NO3/c1-5-17-14(16)9-18-13-8-10(2)6-7-12(13)11(3)15-4/h6-8,11,15H,5,9H2,1-4H3. The minimum Gasteiger partial charge on any atom is -0.482 e. The molecule has 1 rings (SSSR count). The third-order valence-electron chi connectivity index (χ3n) is 2.72. The molecule has 0 aliphatic heterocycles. The Morgan fingerprint density at radius 3 is 2.78 bits per heavy atom. The first-order valence-electron chi connectivity index (χ1n) is 6.14. The Hall–Kier alpha value is -1.55. The number of hydrogen-bond donors (Lipinski definition) is 1. The highest BCUT2D eigenvalue weighted by molar-refractivity contribution is 5.71. The van der Waals surface area contributed by atoms with Crippen molar-refractivity contribution in [2.75, 3.05) is 20.3 Å². The van der Waals surface area contributed by atoms with Crippen molar-refractivity contribution in [1.29, 1.82) is 0 Å². The highest BCUT2D eigenvalue weighted by atomic mass is 16.6. The predicted octanol–water partition coefficient (Wildman–Crippen LogP) is 2.22. The zero-order chi connectivity index (χ0) is 13.5. The minimum absolute atomic E-state index is 0.0548. The van der Waals surface area contributed by atoms with Crippen molar-refractivity contribution in [1.82, 2.24) is 5.32 Å². The number of nitrogens with one attached hydrogen (secondary N) is 1. The summed E-state index contributed by atoms with van der Waals surface area (Å²) in [6.07, 6.45) is 0. The van der Waals surface area contributed by atoms with E-state index in [0.29, 0.717) is 6.61 Å². The van der Waals surface area contributed by atoms with Crippen molar-refractivity contribution in [3.63, 3.8) is 0 Å². The van der Waals surface area contributed by atoms with Crippen LogP contribution in [0.2, 0.25) is 0 Å². The average molecular weight is 251 g/mol. The Balaban J connectivity index is 2.79. The molecular formula is C14H21NO3. The number of aryl methyl sites for hydroxylation is 1. The van der Waals surface area contributed by atoms with Crippen LogP contribution in [0.4, 0.5) is 0 Å². The molecule has 0 fully saturated rings. The zero-order valence-corrected chi connectivity index (χ0v) is 11.4. The first kappa shape index (κ1) is 14.5. The summed E-state index contributed by atoms with van der Waals surface area (Å²) in [6.45, 7) is 6.13. The fraction of sp³-hybridized carbons (Fsp3) is 0.500. The van der Waals surface area contributed by atoms with E-state index in [2.05, 4.69) is 5.32 Å². The third kappa shape index (κ3) is 4.04. The van der Waals surface area contributed by atoms with Gasteiger partial charge in [0.15, 0.2) is 6.61 Å². The van der Waals surface area contributed by atoms with Crippen LogP contribution in [-0.4, -0.2) is 26.2 Å². The lowest BCUT2D eigenvalue weighted by Crippen LogP contribution is -2.18. The van der Waals surface area contributed by atoms with Crippen molar-refractivity contribution < 1.29 is 14.3 Å². The van der Waals surface area contributed by atoms with Gasteiger partial charge in [0.1, 0.15) is 5.75 Å². The Labute approximate surface area is 108 Å². The number of hydrogen-bond acceptors (Lipinski definition) is 4. The molecular weight excluding hydrogens is 230 g/mol. The summed E-state index contributed by atoms with van der Waals surface area (Å²) >= 11 is 0. The van der Waals surface area contributed by atoms with E-state index >= 15 is 0 Å². The molecule has 0 aliphatic rings. The molecule has 1 N–H and O–H groups in total. The van der Waals surface area contributed by atoms with Crippen molar-refractivity contribution in [2.45, 2.75) is 26.8 Å². The SMILES string of the molecule is CCOC(=O)COc1cc(C)ccc1C(C)NC. The molecule has 0 aromatic heterocycles. The van der Waals surface area contributed by atoms with Gasteiger partial charge < -0.3 is 14.8 Å². The summed E-state index contributed by atoms with van der Waals surface area (Å²) in [4.78, 5) is 11.3. The number of carbonyl (C=O) groups excluding carboxylic acids is 1. The van der Waals surface area contributed by atoms with E-state index in [9.17, 15) is 4.79 Å². The lowest BCUT2D eigenvalue weighted by Gasteiger charge is -2.16. The monoisotopic (exact) mass is 251 g/mol.